The zero-order valence-corrected chi connectivity index (χ0v) is 15.5. The third-order valence-electron chi connectivity index (χ3n) is 4.00. The van der Waals surface area contributed by atoms with Crippen molar-refractivity contribution in [3.63, 3.8) is 0 Å². The number of aromatic nitrogens is 3. The summed E-state index contributed by atoms with van der Waals surface area (Å²) < 4.78 is 37.7. The SMILES string of the molecule is O=c1oc2cc(S(=O)(=O)Nc3ncns3)ccc2n1CCc1ccccc1. The first-order chi connectivity index (χ1) is 13.0. The van der Waals surface area contributed by atoms with E-state index in [4.69, 9.17) is 4.42 Å². The van der Waals surface area contributed by atoms with Gasteiger partial charge in [0.2, 0.25) is 5.13 Å². The van der Waals surface area contributed by atoms with Crippen molar-refractivity contribution >= 4 is 37.8 Å². The Bertz CT molecular complexity index is 1230. The maximum absolute atomic E-state index is 12.4. The maximum Gasteiger partial charge on any atom is 0.419 e. The minimum atomic E-state index is -3.85. The predicted octanol–water partition coefficient (Wildman–Crippen LogP) is 2.49. The standard InChI is InChI=1S/C17H14N4O4S2/c22-17-21(9-8-12-4-2-1-3-5-12)14-7-6-13(10-15(14)25-17)27(23,24)20-16-18-11-19-26-16/h1-7,10-11H,8-9H2,(H,18,19,20). The highest BCUT2D eigenvalue weighted by Gasteiger charge is 2.19. The molecule has 0 aliphatic heterocycles. The molecule has 0 unspecified atom stereocenters. The molecular weight excluding hydrogens is 388 g/mol. The summed E-state index contributed by atoms with van der Waals surface area (Å²) in [5.41, 5.74) is 1.86. The fraction of sp³-hybridized carbons (Fsp3) is 0.118. The van der Waals surface area contributed by atoms with E-state index in [0.717, 1.165) is 17.1 Å². The van der Waals surface area contributed by atoms with Crippen molar-refractivity contribution in [1.29, 1.82) is 0 Å². The molecule has 0 spiro atoms. The molecule has 138 valence electrons. The Morgan fingerprint density at radius 2 is 1.96 bits per heavy atom. The highest BCUT2D eigenvalue weighted by molar-refractivity contribution is 7.93. The molecule has 4 rings (SSSR count). The van der Waals surface area contributed by atoms with Crippen LogP contribution in [0.2, 0.25) is 0 Å². The van der Waals surface area contributed by atoms with E-state index in [9.17, 15) is 13.2 Å². The topological polar surface area (TPSA) is 107 Å². The first-order valence-electron chi connectivity index (χ1n) is 8.00. The lowest BCUT2D eigenvalue weighted by molar-refractivity contribution is 0.504. The average molecular weight is 402 g/mol. The largest absolute Gasteiger partial charge is 0.419 e. The van der Waals surface area contributed by atoms with Gasteiger partial charge in [0.1, 0.15) is 6.33 Å². The zero-order chi connectivity index (χ0) is 18.9. The zero-order valence-electron chi connectivity index (χ0n) is 13.9. The Labute approximate surface area is 158 Å². The third kappa shape index (κ3) is 3.62. The molecule has 0 fully saturated rings. The quantitative estimate of drug-likeness (QED) is 0.531. The van der Waals surface area contributed by atoms with Gasteiger partial charge >= 0.3 is 5.76 Å². The normalized spacial score (nSPS) is 11.7. The number of hydrogen-bond donors (Lipinski definition) is 1. The summed E-state index contributed by atoms with van der Waals surface area (Å²) in [5, 5.41) is 0.164. The fourth-order valence-electron chi connectivity index (χ4n) is 2.70. The lowest BCUT2D eigenvalue weighted by atomic mass is 10.1. The van der Waals surface area contributed by atoms with Crippen LogP contribution in [0.25, 0.3) is 11.1 Å². The number of sulfonamides is 1. The Morgan fingerprint density at radius 3 is 2.70 bits per heavy atom. The maximum atomic E-state index is 12.4. The number of hydrogen-bond acceptors (Lipinski definition) is 7. The summed E-state index contributed by atoms with van der Waals surface area (Å²) in [7, 11) is -3.85. The molecule has 27 heavy (non-hydrogen) atoms. The molecule has 8 nitrogen and oxygen atoms in total. The minimum Gasteiger partial charge on any atom is -0.408 e. The number of nitrogens with zero attached hydrogens (tertiary/aromatic N) is 3. The smallest absolute Gasteiger partial charge is 0.408 e. The summed E-state index contributed by atoms with van der Waals surface area (Å²) >= 11 is 0.930. The molecule has 2 aromatic carbocycles. The van der Waals surface area contributed by atoms with Crippen LogP contribution < -0.4 is 10.5 Å². The van der Waals surface area contributed by atoms with Crippen molar-refractivity contribution in [2.24, 2.45) is 0 Å². The Morgan fingerprint density at radius 1 is 1.15 bits per heavy atom. The van der Waals surface area contributed by atoms with Gasteiger partial charge in [-0.25, -0.2) is 18.2 Å². The number of fused-ring (bicyclic) bond motifs is 1. The van der Waals surface area contributed by atoms with Crippen LogP contribution >= 0.6 is 11.5 Å². The van der Waals surface area contributed by atoms with Gasteiger partial charge in [0.25, 0.3) is 10.0 Å². The van der Waals surface area contributed by atoms with Crippen molar-refractivity contribution in [1.82, 2.24) is 13.9 Å². The van der Waals surface area contributed by atoms with E-state index >= 15 is 0 Å². The van der Waals surface area contributed by atoms with Crippen molar-refractivity contribution in [2.75, 3.05) is 4.72 Å². The van der Waals surface area contributed by atoms with Gasteiger partial charge in [-0.15, -0.1) is 0 Å². The van der Waals surface area contributed by atoms with Crippen molar-refractivity contribution in [3.8, 4) is 0 Å². The molecule has 0 aliphatic rings. The number of benzene rings is 2. The lowest BCUT2D eigenvalue weighted by Crippen LogP contribution is -2.15. The summed E-state index contributed by atoms with van der Waals surface area (Å²) in [6, 6.07) is 14.1. The molecule has 0 aliphatic carbocycles. The van der Waals surface area contributed by atoms with E-state index in [1.807, 2.05) is 30.3 Å². The lowest BCUT2D eigenvalue weighted by Gasteiger charge is -2.05. The van der Waals surface area contributed by atoms with E-state index in [1.165, 1.54) is 23.0 Å². The number of anilines is 1. The van der Waals surface area contributed by atoms with E-state index in [-0.39, 0.29) is 15.6 Å². The molecule has 0 bridgehead atoms. The third-order valence-corrected chi connectivity index (χ3v) is 6.05. The Hall–Kier alpha value is -2.98. The summed E-state index contributed by atoms with van der Waals surface area (Å²) in [6.07, 6.45) is 1.92. The second-order valence-corrected chi connectivity index (χ2v) is 8.20. The van der Waals surface area contributed by atoms with Crippen LogP contribution in [0.4, 0.5) is 5.13 Å². The average Bonchev–Trinajstić information content (AvgIpc) is 3.26. The van der Waals surface area contributed by atoms with Crippen molar-refractivity contribution in [3.05, 3.63) is 71.0 Å². The number of nitrogens with one attached hydrogen (secondary N) is 1. The molecule has 0 amide bonds. The van der Waals surface area contributed by atoms with Gasteiger partial charge < -0.3 is 4.42 Å². The molecule has 0 saturated carbocycles. The molecule has 0 saturated heterocycles. The van der Waals surface area contributed by atoms with Gasteiger partial charge in [0, 0.05) is 24.1 Å². The van der Waals surface area contributed by atoms with Crippen LogP contribution in [-0.4, -0.2) is 22.3 Å². The van der Waals surface area contributed by atoms with Gasteiger partial charge in [-0.05, 0) is 24.1 Å². The molecule has 1 N–H and O–H groups in total. The second-order valence-electron chi connectivity index (χ2n) is 5.74. The first kappa shape index (κ1) is 17.4. The highest BCUT2D eigenvalue weighted by Crippen LogP contribution is 2.21. The van der Waals surface area contributed by atoms with Crippen molar-refractivity contribution < 1.29 is 12.8 Å². The molecular formula is C17H14N4O4S2. The fourth-order valence-corrected chi connectivity index (χ4v) is 4.38. The molecule has 0 atom stereocenters. The van der Waals surface area contributed by atoms with Gasteiger partial charge in [-0.2, -0.15) is 4.37 Å². The number of rotatable bonds is 6. The molecule has 2 heterocycles. The van der Waals surface area contributed by atoms with Gasteiger partial charge in [0.05, 0.1) is 10.4 Å². The van der Waals surface area contributed by atoms with Gasteiger partial charge in [0.15, 0.2) is 5.58 Å². The van der Waals surface area contributed by atoms with Gasteiger partial charge in [-0.1, -0.05) is 30.3 Å². The van der Waals surface area contributed by atoms with E-state index in [1.54, 1.807) is 6.07 Å². The molecule has 0 radical (unpaired) electrons. The van der Waals surface area contributed by atoms with E-state index in [0.29, 0.717) is 18.5 Å². The number of oxazole rings is 1. The van der Waals surface area contributed by atoms with Gasteiger partial charge in [-0.3, -0.25) is 9.29 Å². The van der Waals surface area contributed by atoms with E-state index < -0.39 is 15.8 Å². The Balaban J connectivity index is 1.63. The van der Waals surface area contributed by atoms with Crippen LogP contribution in [0.15, 0.2) is 69.0 Å². The molecule has 4 aromatic rings. The Kier molecular flexibility index (Phi) is 4.50. The summed E-state index contributed by atoms with van der Waals surface area (Å²) in [6.45, 7) is 0.435. The van der Waals surface area contributed by atoms with Crippen LogP contribution in [0, 0.1) is 0 Å². The summed E-state index contributed by atoms with van der Waals surface area (Å²) in [5.74, 6) is -0.521. The van der Waals surface area contributed by atoms with Crippen LogP contribution in [0.5, 0.6) is 0 Å². The monoisotopic (exact) mass is 402 g/mol. The van der Waals surface area contributed by atoms with Crippen LogP contribution in [0.3, 0.4) is 0 Å². The first-order valence-corrected chi connectivity index (χ1v) is 10.3. The molecule has 10 heteroatoms. The highest BCUT2D eigenvalue weighted by atomic mass is 32.2. The molecule has 2 aromatic heterocycles. The van der Waals surface area contributed by atoms with Crippen LogP contribution in [0.1, 0.15) is 5.56 Å². The number of aryl methyl sites for hydroxylation is 2. The minimum absolute atomic E-state index is 0.0193. The van der Waals surface area contributed by atoms with Crippen LogP contribution in [-0.2, 0) is 23.0 Å². The predicted molar refractivity (Wildman–Crippen MR) is 101 cm³/mol. The second kappa shape index (κ2) is 6.97. The summed E-state index contributed by atoms with van der Waals surface area (Å²) in [4.78, 5) is 16.0. The van der Waals surface area contributed by atoms with E-state index in [2.05, 4.69) is 14.1 Å². The van der Waals surface area contributed by atoms with Crippen molar-refractivity contribution in [2.45, 2.75) is 17.9 Å².